The molecule has 86 valence electrons. The van der Waals surface area contributed by atoms with Gasteiger partial charge in [0.25, 0.3) is 0 Å². The second kappa shape index (κ2) is 5.25. The first-order valence-corrected chi connectivity index (χ1v) is 5.76. The third-order valence-electron chi connectivity index (χ3n) is 2.19. The summed E-state index contributed by atoms with van der Waals surface area (Å²) in [5.41, 5.74) is 1.47. The van der Waals surface area contributed by atoms with Gasteiger partial charge in [-0.1, -0.05) is 36.0 Å². The maximum atomic E-state index is 13.0. The molecule has 0 aliphatic carbocycles. The van der Waals surface area contributed by atoms with Gasteiger partial charge in [-0.05, 0) is 36.4 Å². The zero-order valence-corrected chi connectivity index (χ0v) is 10.4. The van der Waals surface area contributed by atoms with Gasteiger partial charge in [0, 0.05) is 16.3 Å². The van der Waals surface area contributed by atoms with Crippen LogP contribution in [0.5, 0.6) is 0 Å². The highest BCUT2D eigenvalue weighted by Gasteiger charge is 2.02. The van der Waals surface area contributed by atoms with Crippen LogP contribution in [-0.2, 0) is 0 Å². The minimum atomic E-state index is -0.303. The Bertz CT molecular complexity index is 539. The van der Waals surface area contributed by atoms with Crippen LogP contribution in [0, 0.1) is 5.82 Å². The Morgan fingerprint density at radius 3 is 2.47 bits per heavy atom. The molecule has 1 N–H and O–H groups in total. The molecule has 2 aromatic carbocycles. The Morgan fingerprint density at radius 2 is 1.82 bits per heavy atom. The summed E-state index contributed by atoms with van der Waals surface area (Å²) in [4.78, 5) is 0.479. The van der Waals surface area contributed by atoms with Gasteiger partial charge in [-0.15, -0.1) is 0 Å². The van der Waals surface area contributed by atoms with E-state index in [0.717, 1.165) is 5.69 Å². The fourth-order valence-corrected chi connectivity index (χ4v) is 1.74. The van der Waals surface area contributed by atoms with Crippen molar-refractivity contribution >= 4 is 34.5 Å². The normalized spacial score (nSPS) is 10.0. The van der Waals surface area contributed by atoms with Crippen LogP contribution in [0.25, 0.3) is 0 Å². The summed E-state index contributed by atoms with van der Waals surface area (Å²) >= 11 is 11.0. The van der Waals surface area contributed by atoms with Gasteiger partial charge >= 0.3 is 0 Å². The van der Waals surface area contributed by atoms with Crippen LogP contribution in [-0.4, -0.2) is 4.99 Å². The summed E-state index contributed by atoms with van der Waals surface area (Å²) in [5.74, 6) is -0.303. The molecule has 0 unspecified atom stereocenters. The smallest absolute Gasteiger partial charge is 0.123 e. The standard InChI is InChI=1S/C13H9ClFNS/c14-10-4-6-12(7-5-10)16-13(17)9-2-1-3-11(15)8-9/h1-8H,(H,16,17). The third-order valence-corrected chi connectivity index (χ3v) is 2.78. The van der Waals surface area contributed by atoms with Crippen molar-refractivity contribution in [2.45, 2.75) is 0 Å². The zero-order valence-electron chi connectivity index (χ0n) is 8.78. The molecule has 0 amide bonds. The van der Waals surface area contributed by atoms with E-state index in [-0.39, 0.29) is 5.82 Å². The third kappa shape index (κ3) is 3.25. The van der Waals surface area contributed by atoms with Gasteiger partial charge in [-0.25, -0.2) is 4.39 Å². The van der Waals surface area contributed by atoms with E-state index in [1.165, 1.54) is 12.1 Å². The summed E-state index contributed by atoms with van der Waals surface area (Å²) < 4.78 is 13.0. The molecule has 0 aromatic heterocycles. The van der Waals surface area contributed by atoms with Gasteiger partial charge in [0.15, 0.2) is 0 Å². The largest absolute Gasteiger partial charge is 0.346 e. The number of hydrogen-bond acceptors (Lipinski definition) is 1. The first kappa shape index (κ1) is 12.0. The monoisotopic (exact) mass is 265 g/mol. The molecule has 17 heavy (non-hydrogen) atoms. The van der Waals surface area contributed by atoms with Crippen LogP contribution < -0.4 is 5.32 Å². The first-order valence-electron chi connectivity index (χ1n) is 4.97. The maximum absolute atomic E-state index is 13.0. The molecule has 0 aliphatic rings. The number of nitrogens with one attached hydrogen (secondary N) is 1. The highest BCUT2D eigenvalue weighted by molar-refractivity contribution is 7.81. The lowest BCUT2D eigenvalue weighted by Crippen LogP contribution is -2.10. The maximum Gasteiger partial charge on any atom is 0.123 e. The molecular weight excluding hydrogens is 257 g/mol. The first-order chi connectivity index (χ1) is 8.15. The molecule has 0 fully saturated rings. The van der Waals surface area contributed by atoms with Gasteiger partial charge in [0.1, 0.15) is 10.8 Å². The van der Waals surface area contributed by atoms with Crippen molar-refractivity contribution in [3.63, 3.8) is 0 Å². The van der Waals surface area contributed by atoms with Crippen LogP contribution in [0.2, 0.25) is 5.02 Å². The lowest BCUT2D eigenvalue weighted by molar-refractivity contribution is 0.627. The molecule has 0 saturated heterocycles. The molecule has 0 atom stereocenters. The highest BCUT2D eigenvalue weighted by Crippen LogP contribution is 2.15. The van der Waals surface area contributed by atoms with Gasteiger partial charge in [-0.3, -0.25) is 0 Å². The van der Waals surface area contributed by atoms with Gasteiger partial charge in [-0.2, -0.15) is 0 Å². The van der Waals surface area contributed by atoms with E-state index >= 15 is 0 Å². The molecule has 1 nitrogen and oxygen atoms in total. The average molecular weight is 266 g/mol. The Kier molecular flexibility index (Phi) is 3.71. The molecule has 0 spiro atoms. The van der Waals surface area contributed by atoms with Crippen molar-refractivity contribution in [1.29, 1.82) is 0 Å². The molecule has 0 saturated carbocycles. The minimum absolute atomic E-state index is 0.303. The van der Waals surface area contributed by atoms with Crippen LogP contribution in [0.4, 0.5) is 10.1 Å². The van der Waals surface area contributed by atoms with Crippen molar-refractivity contribution < 1.29 is 4.39 Å². The van der Waals surface area contributed by atoms with Crippen molar-refractivity contribution in [1.82, 2.24) is 0 Å². The molecule has 0 bridgehead atoms. The lowest BCUT2D eigenvalue weighted by Gasteiger charge is -2.08. The summed E-state index contributed by atoms with van der Waals surface area (Å²) in [6.45, 7) is 0. The van der Waals surface area contributed by atoms with Crippen LogP contribution >= 0.6 is 23.8 Å². The van der Waals surface area contributed by atoms with Gasteiger partial charge < -0.3 is 5.32 Å². The quantitative estimate of drug-likeness (QED) is 0.814. The predicted octanol–water partition coefficient (Wildman–Crippen LogP) is 4.27. The summed E-state index contributed by atoms with van der Waals surface area (Å²) in [6, 6.07) is 13.3. The fraction of sp³-hybridized carbons (Fsp3) is 0. The summed E-state index contributed by atoms with van der Waals surface area (Å²) in [7, 11) is 0. The Hall–Kier alpha value is -1.45. The SMILES string of the molecule is Fc1cccc(C(=S)Nc2ccc(Cl)cc2)c1. The topological polar surface area (TPSA) is 12.0 Å². The van der Waals surface area contributed by atoms with E-state index in [9.17, 15) is 4.39 Å². The number of benzene rings is 2. The molecule has 2 aromatic rings. The molecule has 0 aliphatic heterocycles. The van der Waals surface area contributed by atoms with E-state index in [4.69, 9.17) is 23.8 Å². The fourth-order valence-electron chi connectivity index (χ4n) is 1.37. The highest BCUT2D eigenvalue weighted by atomic mass is 35.5. The van der Waals surface area contributed by atoms with E-state index in [1.54, 1.807) is 24.3 Å². The average Bonchev–Trinajstić information content (AvgIpc) is 2.32. The van der Waals surface area contributed by atoms with E-state index in [0.29, 0.717) is 15.6 Å². The number of rotatable bonds is 2. The van der Waals surface area contributed by atoms with E-state index < -0.39 is 0 Å². The zero-order chi connectivity index (χ0) is 12.3. The number of hydrogen-bond donors (Lipinski definition) is 1. The minimum Gasteiger partial charge on any atom is -0.346 e. The Morgan fingerprint density at radius 1 is 1.12 bits per heavy atom. The van der Waals surface area contributed by atoms with Gasteiger partial charge in [0.2, 0.25) is 0 Å². The Balaban J connectivity index is 2.14. The summed E-state index contributed by atoms with van der Waals surface area (Å²) in [6.07, 6.45) is 0. The second-order valence-electron chi connectivity index (χ2n) is 3.47. The molecular formula is C13H9ClFNS. The molecule has 0 heterocycles. The van der Waals surface area contributed by atoms with E-state index in [1.807, 2.05) is 12.1 Å². The van der Waals surface area contributed by atoms with Gasteiger partial charge in [0.05, 0.1) is 0 Å². The predicted molar refractivity (Wildman–Crippen MR) is 73.2 cm³/mol. The molecule has 4 heteroatoms. The Labute approximate surface area is 109 Å². The number of thiocarbonyl (C=S) groups is 1. The van der Waals surface area contributed by atoms with Crippen molar-refractivity contribution in [3.05, 3.63) is 64.9 Å². The van der Waals surface area contributed by atoms with Crippen LogP contribution in [0.15, 0.2) is 48.5 Å². The number of halogens is 2. The second-order valence-corrected chi connectivity index (χ2v) is 4.32. The van der Waals surface area contributed by atoms with Crippen molar-refractivity contribution in [2.75, 3.05) is 5.32 Å². The summed E-state index contributed by atoms with van der Waals surface area (Å²) in [5, 5.41) is 3.68. The van der Waals surface area contributed by atoms with Crippen molar-refractivity contribution in [2.24, 2.45) is 0 Å². The molecule has 2 rings (SSSR count). The number of anilines is 1. The molecule has 0 radical (unpaired) electrons. The van der Waals surface area contributed by atoms with Crippen LogP contribution in [0.1, 0.15) is 5.56 Å². The van der Waals surface area contributed by atoms with Crippen LogP contribution in [0.3, 0.4) is 0 Å². The van der Waals surface area contributed by atoms with E-state index in [2.05, 4.69) is 5.32 Å². The van der Waals surface area contributed by atoms with Crippen molar-refractivity contribution in [3.8, 4) is 0 Å². The lowest BCUT2D eigenvalue weighted by atomic mass is 10.2.